The summed E-state index contributed by atoms with van der Waals surface area (Å²) in [7, 11) is 2.20. The molecule has 1 aliphatic rings. The zero-order valence-corrected chi connectivity index (χ0v) is 15.1. The van der Waals surface area contributed by atoms with Crippen molar-refractivity contribution in [3.05, 3.63) is 25.6 Å². The van der Waals surface area contributed by atoms with Gasteiger partial charge in [-0.2, -0.15) is 0 Å². The molecule has 0 amide bonds. The molecule has 0 aliphatic carbocycles. The summed E-state index contributed by atoms with van der Waals surface area (Å²) in [5, 5.41) is 3.56. The van der Waals surface area contributed by atoms with Crippen LogP contribution in [-0.4, -0.2) is 31.6 Å². The predicted molar refractivity (Wildman–Crippen MR) is 88.3 cm³/mol. The van der Waals surface area contributed by atoms with Crippen LogP contribution < -0.4 is 5.32 Å². The molecule has 1 heterocycles. The molecule has 0 radical (unpaired) electrons. The lowest BCUT2D eigenvalue weighted by molar-refractivity contribution is 0.226. The molecule has 1 N–H and O–H groups in total. The maximum absolute atomic E-state index is 3.60. The Hall–Kier alpha value is 0.420. The third-order valence-electron chi connectivity index (χ3n) is 3.41. The standard InChI is InChI=1S/C13H17Br3N2/c1-18-4-2-9(3-5-18)8-17-13-11(15)6-10(14)7-12(13)16/h6-7,9,17H,2-5,8H2,1H3. The number of halogens is 3. The van der Waals surface area contributed by atoms with Gasteiger partial charge < -0.3 is 10.2 Å². The van der Waals surface area contributed by atoms with E-state index >= 15 is 0 Å². The first-order valence-corrected chi connectivity index (χ1v) is 8.51. The van der Waals surface area contributed by atoms with E-state index in [4.69, 9.17) is 0 Å². The lowest BCUT2D eigenvalue weighted by Gasteiger charge is -2.29. The van der Waals surface area contributed by atoms with Crippen LogP contribution in [0.3, 0.4) is 0 Å². The average molecular weight is 441 g/mol. The van der Waals surface area contributed by atoms with Crippen LogP contribution in [0.15, 0.2) is 25.6 Å². The highest BCUT2D eigenvalue weighted by atomic mass is 79.9. The molecule has 2 rings (SSSR count). The molecule has 1 fully saturated rings. The first-order valence-electron chi connectivity index (χ1n) is 6.13. The highest BCUT2D eigenvalue weighted by molar-refractivity contribution is 9.11. The molecule has 0 bridgehead atoms. The number of hydrogen-bond acceptors (Lipinski definition) is 2. The van der Waals surface area contributed by atoms with Gasteiger partial charge in [-0.1, -0.05) is 15.9 Å². The number of piperidine rings is 1. The molecule has 0 spiro atoms. The van der Waals surface area contributed by atoms with Crippen LogP contribution in [0.4, 0.5) is 5.69 Å². The van der Waals surface area contributed by atoms with Gasteiger partial charge in [-0.05, 0) is 82.9 Å². The highest BCUT2D eigenvalue weighted by Crippen LogP contribution is 2.34. The van der Waals surface area contributed by atoms with E-state index in [1.165, 1.54) is 25.9 Å². The molecule has 0 atom stereocenters. The lowest BCUT2D eigenvalue weighted by Crippen LogP contribution is -2.33. The summed E-state index contributed by atoms with van der Waals surface area (Å²) in [6.45, 7) is 3.48. The monoisotopic (exact) mass is 438 g/mol. The Labute approximate surface area is 134 Å². The third kappa shape index (κ3) is 3.95. The fraction of sp³-hybridized carbons (Fsp3) is 0.538. The SMILES string of the molecule is CN1CCC(CNc2c(Br)cc(Br)cc2Br)CC1. The van der Waals surface area contributed by atoms with Gasteiger partial charge >= 0.3 is 0 Å². The maximum Gasteiger partial charge on any atom is 0.0629 e. The molecule has 0 aromatic heterocycles. The first-order chi connectivity index (χ1) is 8.56. The van der Waals surface area contributed by atoms with Crippen molar-refractivity contribution in [2.75, 3.05) is 32.0 Å². The Bertz CT molecular complexity index is 392. The Morgan fingerprint density at radius 2 is 1.72 bits per heavy atom. The van der Waals surface area contributed by atoms with Crippen LogP contribution in [0.1, 0.15) is 12.8 Å². The highest BCUT2D eigenvalue weighted by Gasteiger charge is 2.17. The lowest BCUT2D eigenvalue weighted by atomic mass is 9.97. The largest absolute Gasteiger partial charge is 0.383 e. The minimum Gasteiger partial charge on any atom is -0.383 e. The number of benzene rings is 1. The third-order valence-corrected chi connectivity index (χ3v) is 5.12. The minimum absolute atomic E-state index is 0.781. The van der Waals surface area contributed by atoms with Crippen LogP contribution in [0.2, 0.25) is 0 Å². The van der Waals surface area contributed by atoms with Crippen molar-refractivity contribution in [3.8, 4) is 0 Å². The van der Waals surface area contributed by atoms with Crippen LogP contribution in [-0.2, 0) is 0 Å². The molecule has 2 nitrogen and oxygen atoms in total. The Morgan fingerprint density at radius 3 is 2.28 bits per heavy atom. The Balaban J connectivity index is 1.94. The van der Waals surface area contributed by atoms with Crippen LogP contribution >= 0.6 is 47.8 Å². The van der Waals surface area contributed by atoms with Crippen molar-refractivity contribution in [3.63, 3.8) is 0 Å². The molecule has 0 unspecified atom stereocenters. The summed E-state index contributed by atoms with van der Waals surface area (Å²) in [5.41, 5.74) is 1.15. The topological polar surface area (TPSA) is 15.3 Å². The van der Waals surface area contributed by atoms with E-state index < -0.39 is 0 Å². The van der Waals surface area contributed by atoms with Gasteiger partial charge in [0.1, 0.15) is 0 Å². The van der Waals surface area contributed by atoms with Crippen LogP contribution in [0, 0.1) is 5.92 Å². The second-order valence-electron chi connectivity index (χ2n) is 4.87. The smallest absolute Gasteiger partial charge is 0.0629 e. The fourth-order valence-electron chi connectivity index (χ4n) is 2.22. The minimum atomic E-state index is 0.781. The van der Waals surface area contributed by atoms with E-state index in [1.54, 1.807) is 0 Å². The number of hydrogen-bond donors (Lipinski definition) is 1. The summed E-state index contributed by atoms with van der Waals surface area (Å²) >= 11 is 10.7. The number of likely N-dealkylation sites (tertiary alicyclic amines) is 1. The average Bonchev–Trinajstić information content (AvgIpc) is 2.30. The summed E-state index contributed by atoms with van der Waals surface area (Å²) in [4.78, 5) is 2.40. The molecule has 18 heavy (non-hydrogen) atoms. The van der Waals surface area contributed by atoms with E-state index in [9.17, 15) is 0 Å². The molecule has 1 saturated heterocycles. The van der Waals surface area contributed by atoms with Crippen LogP contribution in [0.5, 0.6) is 0 Å². The quantitative estimate of drug-likeness (QED) is 0.731. The van der Waals surface area contributed by atoms with Gasteiger partial charge in [0.2, 0.25) is 0 Å². The van der Waals surface area contributed by atoms with Gasteiger partial charge in [0.15, 0.2) is 0 Å². The fourth-order valence-corrected chi connectivity index (χ4v) is 4.76. The number of rotatable bonds is 3. The van der Waals surface area contributed by atoms with E-state index in [2.05, 4.69) is 77.2 Å². The van der Waals surface area contributed by atoms with E-state index in [0.717, 1.165) is 31.6 Å². The molecular weight excluding hydrogens is 424 g/mol. The first kappa shape index (κ1) is 14.8. The van der Waals surface area contributed by atoms with Crippen molar-refractivity contribution < 1.29 is 0 Å². The van der Waals surface area contributed by atoms with E-state index in [0.29, 0.717) is 0 Å². The number of nitrogens with zero attached hydrogens (tertiary/aromatic N) is 1. The Kier molecular flexibility index (Phi) is 5.54. The van der Waals surface area contributed by atoms with Gasteiger partial charge in [-0.25, -0.2) is 0 Å². The van der Waals surface area contributed by atoms with Crippen molar-refractivity contribution in [1.29, 1.82) is 0 Å². The van der Waals surface area contributed by atoms with Crippen LogP contribution in [0.25, 0.3) is 0 Å². The van der Waals surface area contributed by atoms with Crippen molar-refractivity contribution in [2.24, 2.45) is 5.92 Å². The Morgan fingerprint density at radius 1 is 1.17 bits per heavy atom. The summed E-state index contributed by atoms with van der Waals surface area (Å²) < 4.78 is 3.26. The molecule has 1 aromatic rings. The van der Waals surface area contributed by atoms with E-state index in [1.807, 2.05) is 0 Å². The summed E-state index contributed by atoms with van der Waals surface area (Å²) in [6.07, 6.45) is 2.57. The zero-order valence-electron chi connectivity index (χ0n) is 10.3. The molecule has 1 aliphatic heterocycles. The van der Waals surface area contributed by atoms with Crippen molar-refractivity contribution in [1.82, 2.24) is 4.90 Å². The second-order valence-corrected chi connectivity index (χ2v) is 7.50. The molecule has 0 saturated carbocycles. The summed E-state index contributed by atoms with van der Waals surface area (Å²) in [6, 6.07) is 4.14. The maximum atomic E-state index is 3.60. The van der Waals surface area contributed by atoms with Gasteiger partial charge in [0.05, 0.1) is 5.69 Å². The number of nitrogens with one attached hydrogen (secondary N) is 1. The van der Waals surface area contributed by atoms with Gasteiger partial charge in [0, 0.05) is 20.0 Å². The normalized spacial score (nSPS) is 18.0. The number of anilines is 1. The van der Waals surface area contributed by atoms with Gasteiger partial charge in [-0.15, -0.1) is 0 Å². The molecule has 1 aromatic carbocycles. The van der Waals surface area contributed by atoms with Crippen molar-refractivity contribution in [2.45, 2.75) is 12.8 Å². The molecule has 5 heteroatoms. The van der Waals surface area contributed by atoms with E-state index in [-0.39, 0.29) is 0 Å². The molecule has 100 valence electrons. The zero-order chi connectivity index (χ0) is 13.1. The summed E-state index contributed by atoms with van der Waals surface area (Å²) in [5.74, 6) is 0.781. The van der Waals surface area contributed by atoms with Gasteiger partial charge in [-0.3, -0.25) is 0 Å². The predicted octanol–water partition coefficient (Wildman–Crippen LogP) is 4.73. The van der Waals surface area contributed by atoms with Crippen molar-refractivity contribution >= 4 is 53.5 Å². The second kappa shape index (κ2) is 6.73. The molecular formula is C13H17Br3N2. The van der Waals surface area contributed by atoms with Gasteiger partial charge in [0.25, 0.3) is 0 Å².